The summed E-state index contributed by atoms with van der Waals surface area (Å²) >= 11 is 0. The van der Waals surface area contributed by atoms with Gasteiger partial charge in [0.2, 0.25) is 5.91 Å². The SMILES string of the molecule is CC(=O)N1CCC(CC#N)(CN[C@@H]2C[C@H]2c2ccccc2)CC1. The van der Waals surface area contributed by atoms with Crippen LogP contribution in [-0.4, -0.2) is 36.5 Å². The van der Waals surface area contributed by atoms with Crippen molar-refractivity contribution < 1.29 is 4.79 Å². The van der Waals surface area contributed by atoms with Crippen LogP contribution in [0.1, 0.15) is 44.1 Å². The van der Waals surface area contributed by atoms with Crippen LogP contribution in [0.3, 0.4) is 0 Å². The molecule has 1 aromatic rings. The average Bonchev–Trinajstić information content (AvgIpc) is 3.34. The van der Waals surface area contributed by atoms with Crippen LogP contribution in [0.4, 0.5) is 0 Å². The van der Waals surface area contributed by atoms with Crippen LogP contribution in [0.15, 0.2) is 30.3 Å². The smallest absolute Gasteiger partial charge is 0.219 e. The molecule has 0 aromatic heterocycles. The summed E-state index contributed by atoms with van der Waals surface area (Å²) in [5, 5.41) is 12.9. The molecule has 1 aliphatic carbocycles. The first kappa shape index (κ1) is 16.0. The number of nitrogens with one attached hydrogen (secondary N) is 1. The zero-order chi connectivity index (χ0) is 16.3. The van der Waals surface area contributed by atoms with Crippen LogP contribution in [0, 0.1) is 16.7 Å². The Morgan fingerprint density at radius 3 is 2.65 bits per heavy atom. The molecular weight excluding hydrogens is 286 g/mol. The van der Waals surface area contributed by atoms with E-state index in [0.29, 0.717) is 18.4 Å². The second kappa shape index (κ2) is 6.72. The van der Waals surface area contributed by atoms with E-state index >= 15 is 0 Å². The van der Waals surface area contributed by atoms with Crippen LogP contribution in [0.5, 0.6) is 0 Å². The molecule has 4 nitrogen and oxygen atoms in total. The molecule has 1 saturated heterocycles. The van der Waals surface area contributed by atoms with Gasteiger partial charge in [0, 0.05) is 44.9 Å². The highest BCUT2D eigenvalue weighted by atomic mass is 16.2. The lowest BCUT2D eigenvalue weighted by atomic mass is 9.76. The lowest BCUT2D eigenvalue weighted by molar-refractivity contribution is -0.131. The second-order valence-corrected chi connectivity index (χ2v) is 7.08. The van der Waals surface area contributed by atoms with Crippen LogP contribution in [0.25, 0.3) is 0 Å². The highest BCUT2D eigenvalue weighted by molar-refractivity contribution is 5.73. The summed E-state index contributed by atoms with van der Waals surface area (Å²) in [6.07, 6.45) is 3.62. The minimum Gasteiger partial charge on any atom is -0.343 e. The standard InChI is InChI=1S/C19H25N3O/c1-15(23)22-11-8-19(7-10-20,9-12-22)14-21-18-13-17(18)16-5-3-2-4-6-16/h2-6,17-18,21H,7-9,11-14H2,1H3/t17-,18+/m0/s1. The fraction of sp³-hybridized carbons (Fsp3) is 0.579. The third kappa shape index (κ3) is 3.73. The molecule has 0 radical (unpaired) electrons. The predicted molar refractivity (Wildman–Crippen MR) is 89.7 cm³/mol. The van der Waals surface area contributed by atoms with Gasteiger partial charge in [-0.1, -0.05) is 30.3 Å². The minimum absolute atomic E-state index is 0.0323. The van der Waals surface area contributed by atoms with E-state index in [1.807, 2.05) is 4.90 Å². The van der Waals surface area contributed by atoms with E-state index in [9.17, 15) is 10.1 Å². The molecule has 4 heteroatoms. The Morgan fingerprint density at radius 2 is 2.04 bits per heavy atom. The Hall–Kier alpha value is -1.86. The van der Waals surface area contributed by atoms with Crippen molar-refractivity contribution in [3.05, 3.63) is 35.9 Å². The fourth-order valence-electron chi connectivity index (χ4n) is 3.72. The van der Waals surface area contributed by atoms with Gasteiger partial charge in [0.25, 0.3) is 0 Å². The lowest BCUT2D eigenvalue weighted by Crippen LogP contribution is -2.46. The van der Waals surface area contributed by atoms with Gasteiger partial charge in [-0.2, -0.15) is 5.26 Å². The van der Waals surface area contributed by atoms with Gasteiger partial charge in [0.05, 0.1) is 6.07 Å². The van der Waals surface area contributed by atoms with E-state index in [1.54, 1.807) is 6.92 Å². The number of rotatable bonds is 5. The number of piperidine rings is 1. The summed E-state index contributed by atoms with van der Waals surface area (Å²) in [5.74, 6) is 0.766. The Balaban J connectivity index is 1.53. The summed E-state index contributed by atoms with van der Waals surface area (Å²) in [6.45, 7) is 4.08. The molecule has 23 heavy (non-hydrogen) atoms. The van der Waals surface area contributed by atoms with Gasteiger partial charge < -0.3 is 10.2 Å². The second-order valence-electron chi connectivity index (χ2n) is 7.08. The Bertz CT molecular complexity index is 584. The van der Waals surface area contributed by atoms with Gasteiger partial charge in [0.1, 0.15) is 0 Å². The van der Waals surface area contributed by atoms with Crippen molar-refractivity contribution in [3.8, 4) is 6.07 Å². The van der Waals surface area contributed by atoms with E-state index in [2.05, 4.69) is 41.7 Å². The van der Waals surface area contributed by atoms with Crippen molar-refractivity contribution in [3.63, 3.8) is 0 Å². The summed E-state index contributed by atoms with van der Waals surface area (Å²) < 4.78 is 0. The third-order valence-electron chi connectivity index (χ3n) is 5.48. The first-order chi connectivity index (χ1) is 11.1. The number of nitrogens with zero attached hydrogens (tertiary/aromatic N) is 2. The molecule has 0 unspecified atom stereocenters. The number of amides is 1. The highest BCUT2D eigenvalue weighted by Gasteiger charge is 2.41. The first-order valence-electron chi connectivity index (χ1n) is 8.54. The van der Waals surface area contributed by atoms with Crippen LogP contribution in [0.2, 0.25) is 0 Å². The molecule has 0 spiro atoms. The molecule has 3 rings (SSSR count). The van der Waals surface area contributed by atoms with Gasteiger partial charge in [-0.25, -0.2) is 0 Å². The molecule has 1 aliphatic heterocycles. The monoisotopic (exact) mass is 311 g/mol. The van der Waals surface area contributed by atoms with Gasteiger partial charge in [0.15, 0.2) is 0 Å². The zero-order valence-corrected chi connectivity index (χ0v) is 13.8. The van der Waals surface area contributed by atoms with Crippen molar-refractivity contribution in [2.24, 2.45) is 5.41 Å². The fourth-order valence-corrected chi connectivity index (χ4v) is 3.72. The van der Waals surface area contributed by atoms with Gasteiger partial charge in [-0.05, 0) is 30.2 Å². The summed E-state index contributed by atoms with van der Waals surface area (Å²) in [4.78, 5) is 13.4. The van der Waals surface area contributed by atoms with E-state index < -0.39 is 0 Å². The first-order valence-corrected chi connectivity index (χ1v) is 8.54. The molecule has 1 heterocycles. The van der Waals surface area contributed by atoms with Crippen LogP contribution < -0.4 is 5.32 Å². The topological polar surface area (TPSA) is 56.1 Å². The van der Waals surface area contributed by atoms with Crippen LogP contribution >= 0.6 is 0 Å². The van der Waals surface area contributed by atoms with E-state index in [0.717, 1.165) is 32.5 Å². The number of carbonyl (C=O) groups is 1. The molecule has 122 valence electrons. The molecule has 1 amide bonds. The Kier molecular flexibility index (Phi) is 4.68. The van der Waals surface area contributed by atoms with E-state index in [4.69, 9.17) is 0 Å². The Morgan fingerprint density at radius 1 is 1.35 bits per heavy atom. The predicted octanol–water partition coefficient (Wildman–Crippen LogP) is 2.67. The van der Waals surface area contributed by atoms with Crippen molar-refractivity contribution in [2.45, 2.75) is 44.6 Å². The molecule has 2 aliphatic rings. The van der Waals surface area contributed by atoms with Crippen molar-refractivity contribution in [2.75, 3.05) is 19.6 Å². The molecule has 0 bridgehead atoms. The molecule has 1 saturated carbocycles. The summed E-state index contributed by atoms with van der Waals surface area (Å²) in [6, 6.07) is 13.5. The number of likely N-dealkylation sites (tertiary alicyclic amines) is 1. The summed E-state index contributed by atoms with van der Waals surface area (Å²) in [5.41, 5.74) is 1.44. The number of benzene rings is 1. The number of hydrogen-bond acceptors (Lipinski definition) is 3. The van der Waals surface area contributed by atoms with Crippen LogP contribution in [-0.2, 0) is 4.79 Å². The molecule has 1 N–H and O–H groups in total. The van der Waals surface area contributed by atoms with Crippen molar-refractivity contribution >= 4 is 5.91 Å². The highest BCUT2D eigenvalue weighted by Crippen LogP contribution is 2.42. The number of hydrogen-bond donors (Lipinski definition) is 1. The van der Waals surface area contributed by atoms with E-state index in [-0.39, 0.29) is 11.3 Å². The van der Waals surface area contributed by atoms with Gasteiger partial charge in [-0.15, -0.1) is 0 Å². The zero-order valence-electron chi connectivity index (χ0n) is 13.8. The lowest BCUT2D eigenvalue weighted by Gasteiger charge is -2.40. The maximum absolute atomic E-state index is 11.5. The molecular formula is C19H25N3O. The minimum atomic E-state index is 0.0323. The van der Waals surface area contributed by atoms with Gasteiger partial charge in [-0.3, -0.25) is 4.79 Å². The average molecular weight is 311 g/mol. The molecule has 1 aromatic carbocycles. The maximum atomic E-state index is 11.5. The van der Waals surface area contributed by atoms with E-state index in [1.165, 1.54) is 12.0 Å². The molecule has 2 fully saturated rings. The number of carbonyl (C=O) groups excluding carboxylic acids is 1. The maximum Gasteiger partial charge on any atom is 0.219 e. The Labute approximate surface area is 138 Å². The van der Waals surface area contributed by atoms with Gasteiger partial charge >= 0.3 is 0 Å². The largest absolute Gasteiger partial charge is 0.343 e. The normalized spacial score (nSPS) is 25.7. The molecule has 2 atom stereocenters. The number of nitriles is 1. The summed E-state index contributed by atoms with van der Waals surface area (Å²) in [7, 11) is 0. The van der Waals surface area contributed by atoms with Crippen molar-refractivity contribution in [1.29, 1.82) is 5.26 Å². The quantitative estimate of drug-likeness (QED) is 0.909. The van der Waals surface area contributed by atoms with Crippen molar-refractivity contribution in [1.82, 2.24) is 10.2 Å². The third-order valence-corrected chi connectivity index (χ3v) is 5.48.